The zero-order valence-corrected chi connectivity index (χ0v) is 29.9. The number of aromatic nitrogens is 3. The van der Waals surface area contributed by atoms with Gasteiger partial charge in [0.25, 0.3) is 5.91 Å². The van der Waals surface area contributed by atoms with Crippen molar-refractivity contribution in [3.05, 3.63) is 93.4 Å². The van der Waals surface area contributed by atoms with Crippen LogP contribution < -0.4 is 15.2 Å². The van der Waals surface area contributed by atoms with Crippen molar-refractivity contribution in [1.29, 1.82) is 0 Å². The summed E-state index contributed by atoms with van der Waals surface area (Å²) in [6.07, 6.45) is 4.23. The fourth-order valence-corrected chi connectivity index (χ4v) is 7.14. The maximum atomic E-state index is 15.8. The Morgan fingerprint density at radius 3 is 2.32 bits per heavy atom. The molecule has 0 saturated carbocycles. The number of carbonyl (C=O) groups excluding carboxylic acids is 2. The first kappa shape index (κ1) is 35.0. The maximum Gasteiger partial charge on any atom is 0.259 e. The molecule has 6 rings (SSSR count). The van der Waals surface area contributed by atoms with Gasteiger partial charge in [-0.1, -0.05) is 44.2 Å². The van der Waals surface area contributed by atoms with E-state index in [1.807, 2.05) is 64.6 Å². The topological polar surface area (TPSA) is 94.9 Å². The molecule has 2 saturated heterocycles. The smallest absolute Gasteiger partial charge is 0.259 e. The van der Waals surface area contributed by atoms with Crippen molar-refractivity contribution in [2.75, 3.05) is 56.1 Å². The molecule has 2 aliphatic rings. The Morgan fingerprint density at radius 2 is 1.66 bits per heavy atom. The Hall–Kier alpha value is -4.80. The molecule has 4 heterocycles. The Morgan fingerprint density at radius 1 is 0.960 bits per heavy atom. The van der Waals surface area contributed by atoms with Gasteiger partial charge in [-0.3, -0.25) is 14.4 Å². The van der Waals surface area contributed by atoms with Crippen molar-refractivity contribution < 1.29 is 14.0 Å². The van der Waals surface area contributed by atoms with Crippen LogP contribution in [0.25, 0.3) is 10.9 Å². The molecule has 10 nitrogen and oxygen atoms in total. The highest BCUT2D eigenvalue weighted by Gasteiger charge is 2.30. The minimum atomic E-state index is -0.507. The van der Waals surface area contributed by atoms with Gasteiger partial charge in [-0.2, -0.15) is 0 Å². The Balaban J connectivity index is 1.13. The highest BCUT2D eigenvalue weighted by Crippen LogP contribution is 2.28. The van der Waals surface area contributed by atoms with E-state index in [4.69, 9.17) is 4.98 Å². The number of amides is 2. The maximum absolute atomic E-state index is 15.8. The lowest BCUT2D eigenvalue weighted by Crippen LogP contribution is -2.49. The molecule has 0 aliphatic carbocycles. The first-order valence-electron chi connectivity index (χ1n) is 17.8. The van der Waals surface area contributed by atoms with Crippen LogP contribution in [0, 0.1) is 12.7 Å². The molecule has 4 aromatic rings. The van der Waals surface area contributed by atoms with Crippen LogP contribution in [0.4, 0.5) is 15.9 Å². The van der Waals surface area contributed by atoms with E-state index in [0.29, 0.717) is 56.8 Å². The van der Waals surface area contributed by atoms with E-state index >= 15 is 4.39 Å². The normalized spacial score (nSPS) is 15.6. The summed E-state index contributed by atoms with van der Waals surface area (Å²) in [5.74, 6) is 1.20. The first-order chi connectivity index (χ1) is 24.0. The Labute approximate surface area is 293 Å². The third-order valence-electron chi connectivity index (χ3n) is 10.2. The number of rotatable bonds is 9. The minimum absolute atomic E-state index is 0.0422. The molecule has 50 heavy (non-hydrogen) atoms. The number of piperidine rings is 1. The second-order valence-electron chi connectivity index (χ2n) is 13.8. The summed E-state index contributed by atoms with van der Waals surface area (Å²) in [5, 5.41) is 0.192. The largest absolute Gasteiger partial charge is 0.366 e. The second kappa shape index (κ2) is 15.0. The number of carbonyl (C=O) groups is 2. The van der Waals surface area contributed by atoms with Gasteiger partial charge in [-0.05, 0) is 50.8 Å². The molecule has 0 N–H and O–H groups in total. The van der Waals surface area contributed by atoms with Gasteiger partial charge in [0, 0.05) is 94.6 Å². The number of anilines is 2. The van der Waals surface area contributed by atoms with Crippen molar-refractivity contribution in [2.45, 2.75) is 71.9 Å². The van der Waals surface area contributed by atoms with Crippen LogP contribution in [-0.4, -0.2) is 88.5 Å². The summed E-state index contributed by atoms with van der Waals surface area (Å²) >= 11 is 0. The average Bonchev–Trinajstić information content (AvgIpc) is 3.13. The second-order valence-corrected chi connectivity index (χ2v) is 13.8. The molecule has 0 spiro atoms. The predicted octanol–water partition coefficient (Wildman–Crippen LogP) is 5.40. The number of piperazine rings is 1. The van der Waals surface area contributed by atoms with E-state index in [-0.39, 0.29) is 34.7 Å². The van der Waals surface area contributed by atoms with Gasteiger partial charge in [0.15, 0.2) is 0 Å². The van der Waals surface area contributed by atoms with Crippen LogP contribution in [0.15, 0.2) is 59.5 Å². The molecule has 0 bridgehead atoms. The third kappa shape index (κ3) is 7.37. The van der Waals surface area contributed by atoms with E-state index in [0.717, 1.165) is 48.8 Å². The van der Waals surface area contributed by atoms with Crippen LogP contribution in [0.2, 0.25) is 0 Å². The Kier molecular flexibility index (Phi) is 10.5. The lowest BCUT2D eigenvalue weighted by molar-refractivity contribution is -0.131. The molecular formula is C39H48FN7O3. The van der Waals surface area contributed by atoms with Crippen LogP contribution in [0.3, 0.4) is 0 Å². The third-order valence-corrected chi connectivity index (χ3v) is 10.2. The molecule has 0 unspecified atom stereocenters. The minimum Gasteiger partial charge on any atom is -0.366 e. The lowest BCUT2D eigenvalue weighted by atomic mass is 10.0. The van der Waals surface area contributed by atoms with E-state index in [2.05, 4.69) is 23.7 Å². The fraction of sp³-hybridized carbons (Fsp3) is 0.462. The number of benzene rings is 2. The highest BCUT2D eigenvalue weighted by atomic mass is 19.1. The molecule has 0 atom stereocenters. The molecular weight excluding hydrogens is 633 g/mol. The first-order valence-corrected chi connectivity index (χ1v) is 17.8. The van der Waals surface area contributed by atoms with Crippen molar-refractivity contribution in [2.24, 2.45) is 0 Å². The molecule has 0 radical (unpaired) electrons. The fourth-order valence-electron chi connectivity index (χ4n) is 7.14. The summed E-state index contributed by atoms with van der Waals surface area (Å²) in [6.45, 7) is 12.0. The van der Waals surface area contributed by atoms with Crippen LogP contribution >= 0.6 is 0 Å². The predicted molar refractivity (Wildman–Crippen MR) is 196 cm³/mol. The van der Waals surface area contributed by atoms with Gasteiger partial charge >= 0.3 is 0 Å². The monoisotopic (exact) mass is 681 g/mol. The molecule has 2 aliphatic heterocycles. The van der Waals surface area contributed by atoms with Gasteiger partial charge in [-0.25, -0.2) is 14.4 Å². The van der Waals surface area contributed by atoms with E-state index in [9.17, 15) is 14.4 Å². The molecule has 11 heteroatoms. The molecule has 2 aromatic heterocycles. The summed E-state index contributed by atoms with van der Waals surface area (Å²) in [7, 11) is 1.75. The van der Waals surface area contributed by atoms with Gasteiger partial charge < -0.3 is 24.2 Å². The summed E-state index contributed by atoms with van der Waals surface area (Å²) in [6, 6.07) is 14.9. The SMILES string of the molecule is CCn1cc(C(=O)N(C)C2CCN(c3cc(C)nc(C(C)C)n3)CC2)c(=O)c2cc(F)c(N3CCN(C(=O)CCc4ccccc4)CC3)cc21. The number of nitrogens with zero attached hydrogens (tertiary/aromatic N) is 7. The Bertz CT molecular complexity index is 1910. The zero-order valence-electron chi connectivity index (χ0n) is 29.9. The van der Waals surface area contributed by atoms with Gasteiger partial charge in [0.05, 0.1) is 11.2 Å². The highest BCUT2D eigenvalue weighted by molar-refractivity contribution is 5.98. The van der Waals surface area contributed by atoms with Crippen molar-refractivity contribution in [3.8, 4) is 0 Å². The molecule has 2 aromatic carbocycles. The number of halogens is 1. The number of hydrogen-bond acceptors (Lipinski definition) is 7. The average molecular weight is 682 g/mol. The van der Waals surface area contributed by atoms with E-state index in [1.54, 1.807) is 24.2 Å². The van der Waals surface area contributed by atoms with E-state index < -0.39 is 11.2 Å². The standard InChI is InChI=1S/C39H48FN7O3/c1-6-44-25-31(39(50)43(5)29-14-16-46(17-15-29)35-22-27(4)41-38(42-35)26(2)3)37(49)30-23-32(40)34(24-33(30)44)45-18-20-47(21-19-45)36(48)13-12-28-10-8-7-9-11-28/h7-11,22-26,29H,6,12-21H2,1-5H3. The van der Waals surface area contributed by atoms with Crippen molar-refractivity contribution in [1.82, 2.24) is 24.3 Å². The van der Waals surface area contributed by atoms with Gasteiger partial charge in [-0.15, -0.1) is 0 Å². The number of aryl methyl sites for hydroxylation is 3. The van der Waals surface area contributed by atoms with Crippen molar-refractivity contribution in [3.63, 3.8) is 0 Å². The summed E-state index contributed by atoms with van der Waals surface area (Å²) < 4.78 is 17.6. The molecule has 264 valence electrons. The van der Waals surface area contributed by atoms with E-state index in [1.165, 1.54) is 6.07 Å². The number of fused-ring (bicyclic) bond motifs is 1. The van der Waals surface area contributed by atoms with Gasteiger partial charge in [0.2, 0.25) is 11.3 Å². The van der Waals surface area contributed by atoms with Crippen LogP contribution in [0.1, 0.15) is 73.4 Å². The molecule has 2 fully saturated rings. The number of hydrogen-bond donors (Lipinski definition) is 0. The number of pyridine rings is 1. The van der Waals surface area contributed by atoms with Crippen LogP contribution in [0.5, 0.6) is 0 Å². The zero-order chi connectivity index (χ0) is 35.5. The molecule has 2 amide bonds. The van der Waals surface area contributed by atoms with Gasteiger partial charge in [0.1, 0.15) is 23.0 Å². The lowest BCUT2D eigenvalue weighted by Gasteiger charge is -2.37. The quantitative estimate of drug-likeness (QED) is 0.234. The van der Waals surface area contributed by atoms with Crippen molar-refractivity contribution >= 4 is 34.2 Å². The summed E-state index contributed by atoms with van der Waals surface area (Å²) in [4.78, 5) is 57.6. The van der Waals surface area contributed by atoms with Crippen LogP contribution in [-0.2, 0) is 17.8 Å². The summed E-state index contributed by atoms with van der Waals surface area (Å²) in [5.41, 5.74) is 2.64.